The van der Waals surface area contributed by atoms with Crippen LogP contribution >= 0.6 is 0 Å². The summed E-state index contributed by atoms with van der Waals surface area (Å²) in [5.41, 5.74) is 1.36. The molecule has 0 spiro atoms. The van der Waals surface area contributed by atoms with Crippen LogP contribution in [-0.4, -0.2) is 19.6 Å². The highest BCUT2D eigenvalue weighted by atomic mass is 32.2. The maximum absolute atomic E-state index is 12.8. The Kier molecular flexibility index (Phi) is 5.04. The summed E-state index contributed by atoms with van der Waals surface area (Å²) in [5, 5.41) is 9.60. The number of sulfone groups is 1. The van der Waals surface area contributed by atoms with E-state index < -0.39 is 9.84 Å². The van der Waals surface area contributed by atoms with Gasteiger partial charge in [0.1, 0.15) is 11.5 Å². The van der Waals surface area contributed by atoms with Crippen LogP contribution in [0.1, 0.15) is 43.2 Å². The van der Waals surface area contributed by atoms with Gasteiger partial charge in [0.25, 0.3) is 0 Å². The Hall–Kier alpha value is -2.01. The average molecular weight is 360 g/mol. The summed E-state index contributed by atoms with van der Waals surface area (Å²) >= 11 is 0. The number of ether oxygens (including phenoxy) is 1. The van der Waals surface area contributed by atoms with E-state index in [9.17, 15) is 13.5 Å². The zero-order valence-electron chi connectivity index (χ0n) is 14.7. The Morgan fingerprint density at radius 2 is 1.52 bits per heavy atom. The van der Waals surface area contributed by atoms with Gasteiger partial charge in [-0.15, -0.1) is 0 Å². The molecule has 3 rings (SSSR count). The molecule has 4 nitrogen and oxygen atoms in total. The summed E-state index contributed by atoms with van der Waals surface area (Å²) in [7, 11) is -3.62. The predicted octanol–water partition coefficient (Wildman–Crippen LogP) is 4.55. The number of hydrogen-bond donors (Lipinski definition) is 1. The lowest BCUT2D eigenvalue weighted by Gasteiger charge is -2.24. The lowest BCUT2D eigenvalue weighted by atomic mass is 9.98. The summed E-state index contributed by atoms with van der Waals surface area (Å²) in [6.45, 7) is 3.56. The Balaban J connectivity index is 1.87. The minimum Gasteiger partial charge on any atom is -0.508 e. The first-order valence-electron chi connectivity index (χ1n) is 8.70. The molecular formula is C20H24O4S. The van der Waals surface area contributed by atoms with Crippen LogP contribution in [0, 0.1) is 13.8 Å². The van der Waals surface area contributed by atoms with Crippen molar-refractivity contribution in [3.05, 3.63) is 47.5 Å². The first-order valence-corrected chi connectivity index (χ1v) is 10.2. The largest absolute Gasteiger partial charge is 0.508 e. The molecule has 1 fully saturated rings. The van der Waals surface area contributed by atoms with Crippen LogP contribution in [0.15, 0.2) is 46.2 Å². The molecule has 1 aliphatic rings. The van der Waals surface area contributed by atoms with Crippen LogP contribution < -0.4 is 4.74 Å². The summed E-state index contributed by atoms with van der Waals surface area (Å²) < 4.78 is 31.7. The van der Waals surface area contributed by atoms with Gasteiger partial charge >= 0.3 is 0 Å². The quantitative estimate of drug-likeness (QED) is 0.868. The molecule has 0 heterocycles. The molecule has 0 aromatic heterocycles. The number of aryl methyl sites for hydroxylation is 2. The van der Waals surface area contributed by atoms with E-state index in [4.69, 9.17) is 4.74 Å². The monoisotopic (exact) mass is 360 g/mol. The van der Waals surface area contributed by atoms with Crippen molar-refractivity contribution in [2.75, 3.05) is 0 Å². The molecule has 0 saturated heterocycles. The van der Waals surface area contributed by atoms with Crippen molar-refractivity contribution < 1.29 is 18.3 Å². The third-order valence-electron chi connectivity index (χ3n) is 4.78. The summed E-state index contributed by atoms with van der Waals surface area (Å²) in [6, 6.07) is 9.35. The fourth-order valence-electron chi connectivity index (χ4n) is 3.22. The minimum atomic E-state index is -3.62. The lowest BCUT2D eigenvalue weighted by molar-refractivity contribution is 0.154. The number of benzene rings is 2. The Labute approximate surface area is 149 Å². The fraction of sp³-hybridized carbons (Fsp3) is 0.400. The van der Waals surface area contributed by atoms with Gasteiger partial charge in [0.05, 0.1) is 15.9 Å². The molecule has 0 unspecified atom stereocenters. The third-order valence-corrected chi connectivity index (χ3v) is 6.53. The minimum absolute atomic E-state index is 0.0892. The molecule has 1 N–H and O–H groups in total. The summed E-state index contributed by atoms with van der Waals surface area (Å²) in [6.07, 6.45) is 6.00. The molecule has 0 bridgehead atoms. The second kappa shape index (κ2) is 7.08. The van der Waals surface area contributed by atoms with E-state index >= 15 is 0 Å². The van der Waals surface area contributed by atoms with Gasteiger partial charge in [0.2, 0.25) is 9.84 Å². The van der Waals surface area contributed by atoms with E-state index in [1.54, 1.807) is 25.1 Å². The second-order valence-corrected chi connectivity index (χ2v) is 8.71. The van der Waals surface area contributed by atoms with Gasteiger partial charge in [0.15, 0.2) is 0 Å². The van der Waals surface area contributed by atoms with E-state index in [1.807, 2.05) is 6.92 Å². The summed E-state index contributed by atoms with van der Waals surface area (Å²) in [4.78, 5) is 0.425. The molecular weight excluding hydrogens is 336 g/mol. The standard InChI is InChI=1S/C20H24O4S/c1-14-12-17(8-10-19(14)21)25(22,23)18-9-11-20(15(2)13-18)24-16-6-4-3-5-7-16/h8-13,16,21H,3-7H2,1-2H3. The van der Waals surface area contributed by atoms with E-state index in [0.717, 1.165) is 24.2 Å². The third kappa shape index (κ3) is 3.82. The zero-order chi connectivity index (χ0) is 18.0. The van der Waals surface area contributed by atoms with Gasteiger partial charge in [-0.2, -0.15) is 0 Å². The van der Waals surface area contributed by atoms with Gasteiger partial charge < -0.3 is 9.84 Å². The van der Waals surface area contributed by atoms with Crippen molar-refractivity contribution in [3.8, 4) is 11.5 Å². The maximum Gasteiger partial charge on any atom is 0.206 e. The van der Waals surface area contributed by atoms with Gasteiger partial charge in [0, 0.05) is 0 Å². The number of phenols is 1. The highest BCUT2D eigenvalue weighted by Gasteiger charge is 2.21. The maximum atomic E-state index is 12.8. The second-order valence-electron chi connectivity index (χ2n) is 6.76. The van der Waals surface area contributed by atoms with Crippen LogP contribution in [-0.2, 0) is 9.84 Å². The van der Waals surface area contributed by atoms with Gasteiger partial charge in [-0.3, -0.25) is 0 Å². The van der Waals surface area contributed by atoms with Crippen molar-refractivity contribution in [1.29, 1.82) is 0 Å². The first kappa shape index (κ1) is 17.8. The van der Waals surface area contributed by atoms with Crippen LogP contribution in [0.25, 0.3) is 0 Å². The number of rotatable bonds is 4. The lowest BCUT2D eigenvalue weighted by Crippen LogP contribution is -2.20. The number of phenolic OH excluding ortho intramolecular Hbond substituents is 1. The van der Waals surface area contributed by atoms with Gasteiger partial charge in [-0.1, -0.05) is 6.42 Å². The van der Waals surface area contributed by atoms with Crippen molar-refractivity contribution in [2.24, 2.45) is 0 Å². The van der Waals surface area contributed by atoms with E-state index in [0.29, 0.717) is 5.56 Å². The Morgan fingerprint density at radius 1 is 0.920 bits per heavy atom. The molecule has 0 amide bonds. The molecule has 1 aliphatic carbocycles. The normalized spacial score (nSPS) is 15.9. The van der Waals surface area contributed by atoms with Crippen molar-refractivity contribution in [2.45, 2.75) is 61.8 Å². The topological polar surface area (TPSA) is 63.6 Å². The molecule has 2 aromatic rings. The van der Waals surface area contributed by atoms with E-state index in [1.165, 1.54) is 37.5 Å². The Morgan fingerprint density at radius 3 is 2.12 bits per heavy atom. The first-order chi connectivity index (χ1) is 11.9. The SMILES string of the molecule is Cc1cc(S(=O)(=O)c2ccc(OC3CCCCC3)c(C)c2)ccc1O. The molecule has 134 valence electrons. The smallest absolute Gasteiger partial charge is 0.206 e. The average Bonchev–Trinajstić information content (AvgIpc) is 2.60. The number of hydrogen-bond acceptors (Lipinski definition) is 4. The molecule has 0 radical (unpaired) electrons. The molecule has 1 saturated carbocycles. The van der Waals surface area contributed by atoms with Crippen molar-refractivity contribution in [3.63, 3.8) is 0 Å². The van der Waals surface area contributed by atoms with Crippen LogP contribution in [0.3, 0.4) is 0 Å². The molecule has 2 aromatic carbocycles. The van der Waals surface area contributed by atoms with Gasteiger partial charge in [-0.05, 0) is 87.1 Å². The highest BCUT2D eigenvalue weighted by Crippen LogP contribution is 2.30. The molecule has 0 aliphatic heterocycles. The molecule has 0 atom stereocenters. The highest BCUT2D eigenvalue weighted by molar-refractivity contribution is 7.91. The predicted molar refractivity (Wildman–Crippen MR) is 97.0 cm³/mol. The summed E-state index contributed by atoms with van der Waals surface area (Å²) in [5.74, 6) is 0.846. The molecule has 25 heavy (non-hydrogen) atoms. The van der Waals surface area contributed by atoms with Crippen LogP contribution in [0.4, 0.5) is 0 Å². The Bertz CT molecular complexity index is 865. The van der Waals surface area contributed by atoms with E-state index in [2.05, 4.69) is 0 Å². The zero-order valence-corrected chi connectivity index (χ0v) is 15.5. The molecule has 5 heteroatoms. The van der Waals surface area contributed by atoms with Crippen LogP contribution in [0.2, 0.25) is 0 Å². The van der Waals surface area contributed by atoms with Crippen LogP contribution in [0.5, 0.6) is 11.5 Å². The van der Waals surface area contributed by atoms with Crippen molar-refractivity contribution in [1.82, 2.24) is 0 Å². The van der Waals surface area contributed by atoms with Gasteiger partial charge in [-0.25, -0.2) is 8.42 Å². The van der Waals surface area contributed by atoms with E-state index in [-0.39, 0.29) is 21.6 Å². The fourth-order valence-corrected chi connectivity index (χ4v) is 4.65. The number of aromatic hydroxyl groups is 1. The van der Waals surface area contributed by atoms with Crippen molar-refractivity contribution >= 4 is 9.84 Å².